The highest BCUT2D eigenvalue weighted by Gasteiger charge is 2.54. The smallest absolute Gasteiger partial charge is 0.338 e. The molecule has 8 atom stereocenters. The zero-order chi connectivity index (χ0) is 60.9. The number of phenolic OH excluding ortho intramolecular Hbond substituents is 18. The summed E-state index contributed by atoms with van der Waals surface area (Å²) in [6.07, 6.45) is -11.8. The summed E-state index contributed by atoms with van der Waals surface area (Å²) in [7, 11) is 0. The van der Waals surface area contributed by atoms with Gasteiger partial charge in [0.15, 0.2) is 93.4 Å². The Morgan fingerprint density at radius 3 is 1.19 bits per heavy atom. The fraction of sp³-hybridized carbons (Fsp3) is 0.153. The Bertz CT molecular complexity index is 4060. The maximum atomic E-state index is 14.7. The SMILES string of the molecule is O=C(O[C@H]1[C@H](c2c(O)cc(O)c3c2O[C@@H](c2ccc(O)c(O)c2)[C@@H](O)C3)c2c(O)cc(O)c([C@@H]3c4c(O)cc(O)cc4O[C@@H](c4ccc(O)c(O)c4)[C@H]3OC(=O)c3cc(O)c(O)c(O)c3)c2O[C@H]1c1ccc(O)c(O)c1)c1cc(O)c(O)c(O)c1. The summed E-state index contributed by atoms with van der Waals surface area (Å²) in [5.74, 6) is -24.3. The highest BCUT2D eigenvalue weighted by atomic mass is 16.6. The summed E-state index contributed by atoms with van der Waals surface area (Å²) in [6, 6.07) is 15.5. The lowest BCUT2D eigenvalue weighted by molar-refractivity contribution is -0.0339. The zero-order valence-corrected chi connectivity index (χ0v) is 43.0. The predicted molar refractivity (Wildman–Crippen MR) is 283 cm³/mol. The van der Waals surface area contributed by atoms with Crippen molar-refractivity contribution in [2.75, 3.05) is 0 Å². The number of fused-ring (bicyclic) bond motifs is 3. The van der Waals surface area contributed by atoms with Gasteiger partial charge in [0.25, 0.3) is 0 Å². The van der Waals surface area contributed by atoms with E-state index in [1.54, 1.807) is 0 Å². The summed E-state index contributed by atoms with van der Waals surface area (Å²) in [6.45, 7) is 0. The molecule has 3 aliphatic rings. The molecule has 0 saturated carbocycles. The summed E-state index contributed by atoms with van der Waals surface area (Å²) < 4.78 is 32.1. The van der Waals surface area contributed by atoms with E-state index in [1.165, 1.54) is 12.1 Å². The Hall–Kier alpha value is -11.5. The molecule has 26 heteroatoms. The minimum Gasteiger partial charge on any atom is -0.508 e. The molecule has 438 valence electrons. The number of carbonyl (C=O) groups excluding carboxylic acids is 2. The number of ether oxygens (including phenoxy) is 5. The van der Waals surface area contributed by atoms with Gasteiger partial charge in [-0.3, -0.25) is 0 Å². The summed E-state index contributed by atoms with van der Waals surface area (Å²) in [5.41, 5.74) is -4.30. The van der Waals surface area contributed by atoms with E-state index < -0.39 is 221 Å². The minimum atomic E-state index is -2.15. The number of rotatable bonds is 9. The molecular weight excluding hydrogens is 1120 g/mol. The molecule has 26 nitrogen and oxygen atoms in total. The Morgan fingerprint density at radius 1 is 0.365 bits per heavy atom. The van der Waals surface area contributed by atoms with E-state index in [2.05, 4.69) is 0 Å². The van der Waals surface area contributed by atoms with Crippen molar-refractivity contribution in [3.63, 3.8) is 0 Å². The summed E-state index contributed by atoms with van der Waals surface area (Å²) in [5, 5.41) is 210. The number of esters is 2. The van der Waals surface area contributed by atoms with Gasteiger partial charge in [0.05, 0.1) is 29.1 Å². The molecule has 0 aliphatic carbocycles. The molecule has 8 aromatic carbocycles. The van der Waals surface area contributed by atoms with Crippen molar-refractivity contribution >= 4 is 11.9 Å². The van der Waals surface area contributed by atoms with Gasteiger partial charge in [-0.25, -0.2) is 9.59 Å². The largest absolute Gasteiger partial charge is 0.508 e. The van der Waals surface area contributed by atoms with Gasteiger partial charge >= 0.3 is 11.9 Å². The molecule has 0 spiro atoms. The monoisotopic (exact) mass is 1170 g/mol. The van der Waals surface area contributed by atoms with Crippen LogP contribution in [0.4, 0.5) is 0 Å². The molecule has 0 amide bonds. The highest BCUT2D eigenvalue weighted by Crippen LogP contribution is 2.63. The molecule has 85 heavy (non-hydrogen) atoms. The van der Waals surface area contributed by atoms with Crippen LogP contribution in [0.3, 0.4) is 0 Å². The number of hydrogen-bond donors (Lipinski definition) is 19. The van der Waals surface area contributed by atoms with E-state index in [0.717, 1.165) is 60.7 Å². The average Bonchev–Trinajstić information content (AvgIpc) is 1.19. The first-order valence-corrected chi connectivity index (χ1v) is 25.2. The van der Waals surface area contributed by atoms with E-state index in [-0.39, 0.29) is 22.3 Å². The minimum absolute atomic E-state index is 0.00381. The molecule has 0 aromatic heterocycles. The van der Waals surface area contributed by atoms with E-state index in [0.29, 0.717) is 30.3 Å². The van der Waals surface area contributed by atoms with Gasteiger partial charge in [-0.2, -0.15) is 0 Å². The first kappa shape index (κ1) is 55.4. The van der Waals surface area contributed by atoms with Crippen LogP contribution in [0.2, 0.25) is 0 Å². The number of hydrogen-bond acceptors (Lipinski definition) is 26. The van der Waals surface area contributed by atoms with E-state index >= 15 is 0 Å². The van der Waals surface area contributed by atoms with Crippen LogP contribution in [0.5, 0.6) is 121 Å². The third-order valence-corrected chi connectivity index (χ3v) is 14.9. The van der Waals surface area contributed by atoms with Crippen LogP contribution < -0.4 is 14.2 Å². The van der Waals surface area contributed by atoms with Crippen LogP contribution in [-0.2, 0) is 15.9 Å². The second kappa shape index (κ2) is 20.5. The number of aliphatic hydroxyl groups is 1. The van der Waals surface area contributed by atoms with Crippen LogP contribution in [0, 0.1) is 0 Å². The molecule has 0 saturated heterocycles. The molecule has 0 unspecified atom stereocenters. The third-order valence-electron chi connectivity index (χ3n) is 14.9. The first-order valence-electron chi connectivity index (χ1n) is 25.2. The molecule has 8 aromatic rings. The van der Waals surface area contributed by atoms with Crippen molar-refractivity contribution < 1.29 is 130 Å². The lowest BCUT2D eigenvalue weighted by Crippen LogP contribution is -2.42. The topological polar surface area (TPSA) is 465 Å². The molecule has 3 aliphatic heterocycles. The van der Waals surface area contributed by atoms with Crippen LogP contribution in [0.1, 0.15) is 95.4 Å². The van der Waals surface area contributed by atoms with Gasteiger partial charge in [0.1, 0.15) is 57.8 Å². The van der Waals surface area contributed by atoms with Crippen LogP contribution in [0.15, 0.2) is 103 Å². The lowest BCUT2D eigenvalue weighted by atomic mass is 9.73. The van der Waals surface area contributed by atoms with Crippen LogP contribution >= 0.6 is 0 Å². The number of benzene rings is 8. The second-order valence-electron chi connectivity index (χ2n) is 20.1. The maximum absolute atomic E-state index is 14.7. The predicted octanol–water partition coefficient (Wildman–Crippen LogP) is 6.41. The Morgan fingerprint density at radius 2 is 0.741 bits per heavy atom. The van der Waals surface area contributed by atoms with Crippen LogP contribution in [0.25, 0.3) is 0 Å². The van der Waals surface area contributed by atoms with Gasteiger partial charge in [-0.1, -0.05) is 18.2 Å². The van der Waals surface area contributed by atoms with Gasteiger partial charge in [0.2, 0.25) is 0 Å². The zero-order valence-electron chi connectivity index (χ0n) is 43.0. The quantitative estimate of drug-likeness (QED) is 0.0548. The third kappa shape index (κ3) is 9.42. The Kier molecular flexibility index (Phi) is 13.3. The number of aliphatic hydroxyl groups excluding tert-OH is 1. The Labute approximate surface area is 475 Å². The molecule has 0 radical (unpaired) electrons. The standard InChI is InChI=1S/C59H46O26/c60-24-14-33(68)43-42(15-24)81-52(20-2-5-27(62)31(66)8-20)56(84-58(79)22-10-37(72)49(77)38(73)11-22)47(43)45-35(70)18-36(71)46-48(44-34(69)17-29(64)25-16-41(76)51(82-54(25)44)19-1-4-26(61)30(65)7-19)57(85-59(80)23-12-39(74)50(78)40(75)13-23)53(83-55(45)46)21-3-6-28(63)32(67)9-21/h1-15,17-18,41,47-48,51-53,56-57,60-78H,16H2/t41-,47-,48+,51-,52-,53-,56-,57-/m0/s1. The van der Waals surface area contributed by atoms with Crippen molar-refractivity contribution in [2.45, 2.75) is 54.9 Å². The fourth-order valence-electron chi connectivity index (χ4n) is 11.0. The number of phenols is 18. The van der Waals surface area contributed by atoms with Crippen molar-refractivity contribution in [3.8, 4) is 121 Å². The molecule has 11 rings (SSSR count). The number of aromatic hydroxyl groups is 18. The highest BCUT2D eigenvalue weighted by molar-refractivity contribution is 5.92. The average molecular weight is 1170 g/mol. The van der Waals surface area contributed by atoms with Crippen molar-refractivity contribution in [3.05, 3.63) is 159 Å². The van der Waals surface area contributed by atoms with Crippen LogP contribution in [-0.4, -0.2) is 127 Å². The molecule has 0 fully saturated rings. The van der Waals surface area contributed by atoms with Crippen molar-refractivity contribution in [1.82, 2.24) is 0 Å². The molecule has 3 heterocycles. The van der Waals surface area contributed by atoms with Gasteiger partial charge in [-0.05, 0) is 66.2 Å². The van der Waals surface area contributed by atoms with E-state index in [9.17, 15) is 107 Å². The number of carbonyl (C=O) groups is 2. The van der Waals surface area contributed by atoms with E-state index in [4.69, 9.17) is 23.7 Å². The first-order chi connectivity index (χ1) is 40.3. The maximum Gasteiger partial charge on any atom is 0.338 e. The summed E-state index contributed by atoms with van der Waals surface area (Å²) in [4.78, 5) is 29.3. The lowest BCUT2D eigenvalue weighted by Gasteiger charge is -2.44. The van der Waals surface area contributed by atoms with Gasteiger partial charge in [-0.15, -0.1) is 0 Å². The molecular formula is C59H46O26. The molecule has 0 bridgehead atoms. The van der Waals surface area contributed by atoms with Gasteiger partial charge in [0, 0.05) is 69.6 Å². The fourth-order valence-corrected chi connectivity index (χ4v) is 11.0. The van der Waals surface area contributed by atoms with Crippen molar-refractivity contribution in [1.29, 1.82) is 0 Å². The Balaban J connectivity index is 1.24. The molecule has 19 N–H and O–H groups in total. The van der Waals surface area contributed by atoms with Crippen molar-refractivity contribution in [2.24, 2.45) is 0 Å². The normalized spacial score (nSPS) is 20.3. The second-order valence-corrected chi connectivity index (χ2v) is 20.1. The summed E-state index contributed by atoms with van der Waals surface area (Å²) >= 11 is 0. The van der Waals surface area contributed by atoms with E-state index in [1.807, 2.05) is 0 Å². The van der Waals surface area contributed by atoms with Gasteiger partial charge < -0.3 is 121 Å².